The molecule has 0 spiro atoms. The lowest BCUT2D eigenvalue weighted by Gasteiger charge is -2.13. The van der Waals surface area contributed by atoms with Crippen LogP contribution < -0.4 is 10.1 Å². The van der Waals surface area contributed by atoms with E-state index < -0.39 is 0 Å². The van der Waals surface area contributed by atoms with Gasteiger partial charge in [0, 0.05) is 22.3 Å². The first-order valence-electron chi connectivity index (χ1n) is 6.76. The second-order valence-electron chi connectivity index (χ2n) is 4.88. The fraction of sp³-hybridized carbons (Fsp3) is 0.222. The number of terminal acetylenes is 1. The molecule has 0 amide bonds. The molecule has 0 heterocycles. The lowest BCUT2D eigenvalue weighted by Crippen LogP contribution is -2.04. The van der Waals surface area contributed by atoms with Crippen molar-refractivity contribution in [3.8, 4) is 18.1 Å². The number of rotatable bonds is 5. The zero-order valence-corrected chi connectivity index (χ0v) is 13.8. The standard InChI is InChI=1S/C18H18BrNO/c1-4-9-21-17-8-6-5-7-15(17)12-20-16-10-13(2)18(19)14(3)11-16/h1,5-8,10-11,20H,9,12H2,2-3H3. The number of ether oxygens (including phenoxy) is 1. The maximum absolute atomic E-state index is 5.56. The SMILES string of the molecule is C#CCOc1ccccc1CNc1cc(C)c(Br)c(C)c1. The molecule has 2 aromatic rings. The lowest BCUT2D eigenvalue weighted by molar-refractivity contribution is 0.366. The number of halogens is 1. The molecule has 0 radical (unpaired) electrons. The van der Waals surface area contributed by atoms with E-state index in [4.69, 9.17) is 11.2 Å². The zero-order chi connectivity index (χ0) is 15.2. The van der Waals surface area contributed by atoms with E-state index in [0.717, 1.165) is 21.5 Å². The van der Waals surface area contributed by atoms with Gasteiger partial charge in [-0.15, -0.1) is 6.42 Å². The Kier molecular flexibility index (Phi) is 5.30. The van der Waals surface area contributed by atoms with Crippen LogP contribution in [0.4, 0.5) is 5.69 Å². The van der Waals surface area contributed by atoms with Crippen molar-refractivity contribution in [2.45, 2.75) is 20.4 Å². The van der Waals surface area contributed by atoms with Crippen molar-refractivity contribution in [2.24, 2.45) is 0 Å². The van der Waals surface area contributed by atoms with E-state index in [0.29, 0.717) is 6.54 Å². The fourth-order valence-corrected chi connectivity index (χ4v) is 2.38. The minimum absolute atomic E-state index is 0.285. The first-order chi connectivity index (χ1) is 10.1. The van der Waals surface area contributed by atoms with Gasteiger partial charge in [0.05, 0.1) is 0 Å². The normalized spacial score (nSPS) is 10.0. The van der Waals surface area contributed by atoms with E-state index in [1.54, 1.807) is 0 Å². The Labute approximate surface area is 134 Å². The Morgan fingerprint density at radius 3 is 2.52 bits per heavy atom. The van der Waals surface area contributed by atoms with E-state index in [2.05, 4.69) is 53.1 Å². The number of hydrogen-bond acceptors (Lipinski definition) is 2. The topological polar surface area (TPSA) is 21.3 Å². The summed E-state index contributed by atoms with van der Waals surface area (Å²) in [4.78, 5) is 0. The highest BCUT2D eigenvalue weighted by Gasteiger charge is 2.05. The van der Waals surface area contributed by atoms with Gasteiger partial charge >= 0.3 is 0 Å². The monoisotopic (exact) mass is 343 g/mol. The largest absolute Gasteiger partial charge is 0.481 e. The highest BCUT2D eigenvalue weighted by Crippen LogP contribution is 2.26. The molecule has 2 nitrogen and oxygen atoms in total. The predicted molar refractivity (Wildman–Crippen MR) is 91.7 cm³/mol. The summed E-state index contributed by atoms with van der Waals surface area (Å²) in [5.74, 6) is 3.32. The average Bonchev–Trinajstić information content (AvgIpc) is 2.49. The molecular formula is C18H18BrNO. The van der Waals surface area contributed by atoms with Crippen molar-refractivity contribution in [2.75, 3.05) is 11.9 Å². The summed E-state index contributed by atoms with van der Waals surface area (Å²) >= 11 is 3.58. The summed E-state index contributed by atoms with van der Waals surface area (Å²) in [6.07, 6.45) is 5.24. The molecule has 108 valence electrons. The van der Waals surface area contributed by atoms with Crippen LogP contribution >= 0.6 is 15.9 Å². The van der Waals surface area contributed by atoms with Crippen molar-refractivity contribution in [3.05, 3.63) is 57.6 Å². The van der Waals surface area contributed by atoms with Gasteiger partial charge in [0.25, 0.3) is 0 Å². The second kappa shape index (κ2) is 7.19. The third-order valence-electron chi connectivity index (χ3n) is 3.20. The molecule has 0 saturated carbocycles. The summed E-state index contributed by atoms with van der Waals surface area (Å²) in [5.41, 5.74) is 4.62. The van der Waals surface area contributed by atoms with Crippen LogP contribution in [0.2, 0.25) is 0 Å². The number of benzene rings is 2. The number of anilines is 1. The molecule has 1 N–H and O–H groups in total. The minimum Gasteiger partial charge on any atom is -0.481 e. The molecule has 21 heavy (non-hydrogen) atoms. The average molecular weight is 344 g/mol. The minimum atomic E-state index is 0.285. The predicted octanol–water partition coefficient (Wildman–Crippen LogP) is 4.69. The van der Waals surface area contributed by atoms with Crippen LogP contribution in [0.5, 0.6) is 5.75 Å². The maximum atomic E-state index is 5.56. The lowest BCUT2D eigenvalue weighted by atomic mass is 10.1. The molecule has 0 bridgehead atoms. The Balaban J connectivity index is 2.12. The van der Waals surface area contributed by atoms with Gasteiger partial charge in [-0.2, -0.15) is 0 Å². The van der Waals surface area contributed by atoms with Crippen LogP contribution in [0.15, 0.2) is 40.9 Å². The molecule has 0 aliphatic heterocycles. The van der Waals surface area contributed by atoms with Crippen LogP contribution in [0, 0.1) is 26.2 Å². The molecule has 3 heteroatoms. The molecule has 0 unspecified atom stereocenters. The van der Waals surface area contributed by atoms with Crippen molar-refractivity contribution >= 4 is 21.6 Å². The molecular weight excluding hydrogens is 326 g/mol. The van der Waals surface area contributed by atoms with Gasteiger partial charge in [-0.1, -0.05) is 40.0 Å². The molecule has 0 atom stereocenters. The third kappa shape index (κ3) is 4.03. The molecule has 2 rings (SSSR count). The van der Waals surface area contributed by atoms with Crippen molar-refractivity contribution in [1.82, 2.24) is 0 Å². The van der Waals surface area contributed by atoms with Gasteiger partial charge in [-0.3, -0.25) is 0 Å². The van der Waals surface area contributed by atoms with Crippen LogP contribution in [-0.4, -0.2) is 6.61 Å². The van der Waals surface area contributed by atoms with Crippen LogP contribution in [-0.2, 0) is 6.54 Å². The van der Waals surface area contributed by atoms with Gasteiger partial charge in [-0.25, -0.2) is 0 Å². The highest BCUT2D eigenvalue weighted by atomic mass is 79.9. The molecule has 0 saturated heterocycles. The Bertz CT molecular complexity index is 650. The highest BCUT2D eigenvalue weighted by molar-refractivity contribution is 9.10. The number of para-hydroxylation sites is 1. The van der Waals surface area contributed by atoms with E-state index >= 15 is 0 Å². The quantitative estimate of drug-likeness (QED) is 0.795. The first-order valence-corrected chi connectivity index (χ1v) is 7.56. The van der Waals surface area contributed by atoms with E-state index in [9.17, 15) is 0 Å². The Morgan fingerprint density at radius 2 is 1.86 bits per heavy atom. The zero-order valence-electron chi connectivity index (χ0n) is 12.2. The smallest absolute Gasteiger partial charge is 0.148 e. The van der Waals surface area contributed by atoms with Gasteiger partial charge in [-0.05, 0) is 43.2 Å². The van der Waals surface area contributed by atoms with E-state index in [-0.39, 0.29) is 6.61 Å². The summed E-state index contributed by atoms with van der Waals surface area (Å²) in [6, 6.07) is 12.2. The van der Waals surface area contributed by atoms with Crippen LogP contribution in [0.1, 0.15) is 16.7 Å². The van der Waals surface area contributed by atoms with Gasteiger partial charge in [0.2, 0.25) is 0 Å². The first kappa shape index (κ1) is 15.5. The summed E-state index contributed by atoms with van der Waals surface area (Å²) in [5, 5.41) is 3.43. The van der Waals surface area contributed by atoms with Crippen LogP contribution in [0.3, 0.4) is 0 Å². The summed E-state index contributed by atoms with van der Waals surface area (Å²) in [7, 11) is 0. The van der Waals surface area contributed by atoms with Crippen molar-refractivity contribution < 1.29 is 4.74 Å². The van der Waals surface area contributed by atoms with E-state index in [1.807, 2.05) is 24.3 Å². The van der Waals surface area contributed by atoms with Crippen molar-refractivity contribution in [3.63, 3.8) is 0 Å². The van der Waals surface area contributed by atoms with Crippen LogP contribution in [0.25, 0.3) is 0 Å². The Morgan fingerprint density at radius 1 is 1.19 bits per heavy atom. The number of nitrogens with one attached hydrogen (secondary N) is 1. The molecule has 0 fully saturated rings. The second-order valence-corrected chi connectivity index (χ2v) is 5.67. The molecule has 0 aliphatic rings. The third-order valence-corrected chi connectivity index (χ3v) is 4.45. The van der Waals surface area contributed by atoms with Gasteiger partial charge < -0.3 is 10.1 Å². The van der Waals surface area contributed by atoms with E-state index in [1.165, 1.54) is 11.1 Å². The number of aryl methyl sites for hydroxylation is 2. The Hall–Kier alpha value is -1.92. The van der Waals surface area contributed by atoms with Gasteiger partial charge in [0.1, 0.15) is 12.4 Å². The van der Waals surface area contributed by atoms with Crippen molar-refractivity contribution in [1.29, 1.82) is 0 Å². The summed E-state index contributed by atoms with van der Waals surface area (Å²) in [6.45, 7) is 5.16. The van der Waals surface area contributed by atoms with Gasteiger partial charge in [0.15, 0.2) is 0 Å². The molecule has 2 aromatic carbocycles. The maximum Gasteiger partial charge on any atom is 0.148 e. The molecule has 0 aliphatic carbocycles. The fourth-order valence-electron chi connectivity index (χ4n) is 2.16. The molecule has 0 aromatic heterocycles. The summed E-state index contributed by atoms with van der Waals surface area (Å²) < 4.78 is 6.72. The number of hydrogen-bond donors (Lipinski definition) is 1.